The van der Waals surface area contributed by atoms with Crippen molar-refractivity contribution >= 4 is 51.8 Å². The normalized spacial score (nSPS) is 15.0. The number of benzene rings is 2. The largest absolute Gasteiger partial charge is 0.357 e. The number of halogens is 3. The Balaban J connectivity index is 1.53. The number of aromatic amines is 1. The molecule has 140 valence electrons. The minimum absolute atomic E-state index is 0.0210. The molecule has 7 heteroatoms. The summed E-state index contributed by atoms with van der Waals surface area (Å²) in [5, 5.41) is 2.50. The highest BCUT2D eigenvalue weighted by molar-refractivity contribution is 6.31. The number of H-pyrrole nitrogens is 1. The van der Waals surface area contributed by atoms with Crippen molar-refractivity contribution in [2.24, 2.45) is 0 Å². The fraction of sp³-hybridized carbons (Fsp3) is 0.250. The fourth-order valence-corrected chi connectivity index (χ4v) is 4.25. The Labute approximate surface area is 172 Å². The molecule has 1 aliphatic rings. The Morgan fingerprint density at radius 3 is 2.78 bits per heavy atom. The third-order valence-corrected chi connectivity index (χ3v) is 5.74. The van der Waals surface area contributed by atoms with Gasteiger partial charge in [0.2, 0.25) is 5.91 Å². The first-order chi connectivity index (χ1) is 13.0. The lowest BCUT2D eigenvalue weighted by molar-refractivity contribution is -0.133. The van der Waals surface area contributed by atoms with Crippen molar-refractivity contribution in [3.8, 4) is 0 Å². The molecule has 0 saturated heterocycles. The molecule has 0 saturated carbocycles. The maximum absolute atomic E-state index is 13.0. The molecule has 1 aliphatic heterocycles. The van der Waals surface area contributed by atoms with Gasteiger partial charge in [0.05, 0.1) is 6.54 Å². The lowest BCUT2D eigenvalue weighted by atomic mass is 10.0. The van der Waals surface area contributed by atoms with E-state index in [-0.39, 0.29) is 5.91 Å². The number of hydrogen-bond donors (Lipinski definition) is 2. The number of nitrogens with one attached hydrogen (secondary N) is 2. The second kappa shape index (κ2) is 7.72. The van der Waals surface area contributed by atoms with Gasteiger partial charge >= 0.3 is 0 Å². The molecule has 1 amide bonds. The van der Waals surface area contributed by atoms with Gasteiger partial charge in [-0.2, -0.15) is 0 Å². The van der Waals surface area contributed by atoms with Gasteiger partial charge in [0.15, 0.2) is 0 Å². The zero-order valence-electron chi connectivity index (χ0n) is 14.4. The first kappa shape index (κ1) is 18.6. The molecule has 0 unspecified atom stereocenters. The van der Waals surface area contributed by atoms with E-state index in [1.54, 1.807) is 0 Å². The lowest BCUT2D eigenvalue weighted by Gasteiger charge is -2.30. The Hall–Kier alpha value is -1.72. The van der Waals surface area contributed by atoms with Crippen LogP contribution < -0.4 is 4.84 Å². The second-order valence-corrected chi connectivity index (χ2v) is 7.87. The minimum atomic E-state index is -0.509. The number of nitrogens with zero attached hydrogens (tertiary/aromatic N) is 1. The van der Waals surface area contributed by atoms with Crippen LogP contribution in [0, 0.1) is 0 Å². The molecule has 2 N–H and O–H groups in total. The highest BCUT2D eigenvalue weighted by Crippen LogP contribution is 2.30. The third-order valence-electron chi connectivity index (χ3n) is 5.01. The molecule has 0 spiro atoms. The van der Waals surface area contributed by atoms with Gasteiger partial charge in [0.25, 0.3) is 0 Å². The summed E-state index contributed by atoms with van der Waals surface area (Å²) in [4.78, 5) is 20.9. The molecular weight excluding hydrogens is 405 g/mol. The summed E-state index contributed by atoms with van der Waals surface area (Å²) in [7, 11) is 0. The Kier molecular flexibility index (Phi) is 5.33. The molecule has 27 heavy (non-hydrogen) atoms. The van der Waals surface area contributed by atoms with E-state index in [9.17, 15) is 4.79 Å². The van der Waals surface area contributed by atoms with Gasteiger partial charge in [-0.1, -0.05) is 35.3 Å². The van der Waals surface area contributed by atoms with Crippen molar-refractivity contribution < 1.29 is 4.79 Å². The van der Waals surface area contributed by atoms with E-state index >= 15 is 0 Å². The van der Waals surface area contributed by atoms with E-state index in [0.717, 1.165) is 33.6 Å². The van der Waals surface area contributed by atoms with Crippen molar-refractivity contribution in [3.05, 3.63) is 69.3 Å². The van der Waals surface area contributed by atoms with E-state index in [4.69, 9.17) is 35.0 Å². The van der Waals surface area contributed by atoms with Gasteiger partial charge in [-0.25, -0.2) is 4.84 Å². The first-order valence-corrected chi connectivity index (χ1v) is 9.87. The number of fused-ring (bicyclic) bond motifs is 3. The average Bonchev–Trinajstić information content (AvgIpc) is 3.02. The van der Waals surface area contributed by atoms with Crippen LogP contribution >= 0.6 is 35.0 Å². The fourth-order valence-electron chi connectivity index (χ4n) is 3.69. The monoisotopic (exact) mass is 421 g/mol. The van der Waals surface area contributed by atoms with Crippen molar-refractivity contribution in [1.29, 1.82) is 0 Å². The minimum Gasteiger partial charge on any atom is -0.357 e. The molecule has 2 aromatic carbocycles. The highest BCUT2D eigenvalue weighted by Gasteiger charge is 2.29. The number of carbonyl (C=O) groups is 1. The third kappa shape index (κ3) is 3.81. The van der Waals surface area contributed by atoms with Crippen LogP contribution in [0.2, 0.25) is 10.0 Å². The van der Waals surface area contributed by atoms with Gasteiger partial charge < -0.3 is 9.88 Å². The molecule has 0 bridgehead atoms. The van der Waals surface area contributed by atoms with Crippen LogP contribution in [0.15, 0.2) is 42.5 Å². The smallest absolute Gasteiger partial charge is 0.241 e. The van der Waals surface area contributed by atoms with Gasteiger partial charge in [-0.05, 0) is 66.1 Å². The van der Waals surface area contributed by atoms with E-state index in [2.05, 4.69) is 9.82 Å². The van der Waals surface area contributed by atoms with E-state index in [0.29, 0.717) is 24.5 Å². The lowest BCUT2D eigenvalue weighted by Crippen LogP contribution is -2.46. The number of amides is 1. The predicted octanol–water partition coefficient (Wildman–Crippen LogP) is 4.71. The Bertz CT molecular complexity index is 1000. The summed E-state index contributed by atoms with van der Waals surface area (Å²) in [6, 6.07) is 12.8. The highest BCUT2D eigenvalue weighted by atomic mass is 35.5. The van der Waals surface area contributed by atoms with Crippen LogP contribution in [0.4, 0.5) is 0 Å². The molecule has 1 atom stereocenters. The predicted molar refractivity (Wildman–Crippen MR) is 110 cm³/mol. The van der Waals surface area contributed by atoms with Crippen LogP contribution in [0.3, 0.4) is 0 Å². The molecule has 4 rings (SSSR count). The van der Waals surface area contributed by atoms with E-state index < -0.39 is 6.04 Å². The van der Waals surface area contributed by atoms with E-state index in [1.165, 1.54) is 5.56 Å². The van der Waals surface area contributed by atoms with Crippen LogP contribution in [0.1, 0.15) is 16.8 Å². The maximum atomic E-state index is 13.0. The van der Waals surface area contributed by atoms with Crippen molar-refractivity contribution in [2.45, 2.75) is 25.4 Å². The SMILES string of the molecule is O=C([C@@H](Cc1cccc(Cl)c1)NCl)N1CCc2c([nH]c3ccc(Cl)cc23)C1. The number of carbonyl (C=O) groups excluding carboxylic acids is 1. The zero-order chi connectivity index (χ0) is 19.0. The molecule has 0 radical (unpaired) electrons. The molecule has 0 fully saturated rings. The molecule has 2 heterocycles. The van der Waals surface area contributed by atoms with Gasteiger partial charge in [0.1, 0.15) is 6.04 Å². The quantitative estimate of drug-likeness (QED) is 0.598. The topological polar surface area (TPSA) is 48.1 Å². The van der Waals surface area contributed by atoms with Crippen LogP contribution in [0.25, 0.3) is 10.9 Å². The first-order valence-electron chi connectivity index (χ1n) is 8.73. The van der Waals surface area contributed by atoms with Crippen LogP contribution in [0.5, 0.6) is 0 Å². The van der Waals surface area contributed by atoms with Gasteiger partial charge in [-0.15, -0.1) is 0 Å². The van der Waals surface area contributed by atoms with Crippen molar-refractivity contribution in [3.63, 3.8) is 0 Å². The summed E-state index contributed by atoms with van der Waals surface area (Å²) in [5.41, 5.74) is 4.31. The number of rotatable bonds is 4. The zero-order valence-corrected chi connectivity index (χ0v) is 16.7. The summed E-state index contributed by atoms with van der Waals surface area (Å²) in [6.45, 7) is 1.18. The summed E-state index contributed by atoms with van der Waals surface area (Å²) >= 11 is 18.1. The van der Waals surface area contributed by atoms with Crippen molar-refractivity contribution in [1.82, 2.24) is 14.7 Å². The maximum Gasteiger partial charge on any atom is 0.241 e. The van der Waals surface area contributed by atoms with Crippen LogP contribution in [-0.4, -0.2) is 28.4 Å². The average molecular weight is 423 g/mol. The molecular formula is C20H18Cl3N3O. The van der Waals surface area contributed by atoms with Gasteiger partial charge in [-0.3, -0.25) is 4.79 Å². The Morgan fingerprint density at radius 1 is 1.19 bits per heavy atom. The summed E-state index contributed by atoms with van der Waals surface area (Å²) in [5.74, 6) is -0.0210. The standard InChI is InChI=1S/C20H18Cl3N3O/c21-13-3-1-2-12(8-13)9-18(25-23)20(27)26-7-6-15-16-10-14(22)4-5-17(16)24-19(15)11-26/h1-5,8,10,18,24-25H,6-7,9,11H2/t18-/m1/s1. The molecule has 0 aliphatic carbocycles. The summed E-state index contributed by atoms with van der Waals surface area (Å²) in [6.07, 6.45) is 1.27. The molecule has 4 nitrogen and oxygen atoms in total. The Morgan fingerprint density at radius 2 is 2.00 bits per heavy atom. The number of hydrogen-bond acceptors (Lipinski definition) is 2. The second-order valence-electron chi connectivity index (χ2n) is 6.78. The van der Waals surface area contributed by atoms with Gasteiger partial charge in [0, 0.05) is 33.2 Å². The van der Waals surface area contributed by atoms with E-state index in [1.807, 2.05) is 47.4 Å². The molecule has 1 aromatic heterocycles. The summed E-state index contributed by atoms with van der Waals surface area (Å²) < 4.78 is 0. The number of aromatic nitrogens is 1. The molecule has 3 aromatic rings. The van der Waals surface area contributed by atoms with Crippen molar-refractivity contribution in [2.75, 3.05) is 6.54 Å². The van der Waals surface area contributed by atoms with Crippen LogP contribution in [-0.2, 0) is 24.2 Å².